The Morgan fingerprint density at radius 1 is 1.55 bits per heavy atom. The van der Waals surface area contributed by atoms with Crippen molar-refractivity contribution in [3.8, 4) is 0 Å². The van der Waals surface area contributed by atoms with E-state index in [1.165, 1.54) is 13.0 Å². The molecule has 0 radical (unpaired) electrons. The molecule has 0 atom stereocenters. The van der Waals surface area contributed by atoms with Gasteiger partial charge in [-0.2, -0.15) is 0 Å². The summed E-state index contributed by atoms with van der Waals surface area (Å²) in [6.07, 6.45) is 0. The summed E-state index contributed by atoms with van der Waals surface area (Å²) in [7, 11) is 1.83. The van der Waals surface area contributed by atoms with Crippen LogP contribution in [-0.4, -0.2) is 13.6 Å². The molecule has 0 aliphatic carbocycles. The van der Waals surface area contributed by atoms with E-state index in [4.69, 9.17) is 0 Å². The monoisotopic (exact) mass is 150 g/mol. The molecule has 11 heavy (non-hydrogen) atoms. The number of rotatable bonds is 1. The third-order valence-electron chi connectivity index (χ3n) is 1.50. The van der Waals surface area contributed by atoms with Crippen LogP contribution in [0.3, 0.4) is 0 Å². The van der Waals surface area contributed by atoms with Crippen LogP contribution in [0.15, 0.2) is 18.2 Å². The molecule has 0 saturated carbocycles. The predicted molar refractivity (Wildman–Crippen MR) is 44.6 cm³/mol. The summed E-state index contributed by atoms with van der Waals surface area (Å²) >= 11 is 0. The topological polar surface area (TPSA) is 17.1 Å². The van der Waals surface area contributed by atoms with Crippen molar-refractivity contribution < 1.29 is 9.18 Å². The van der Waals surface area contributed by atoms with Crippen molar-refractivity contribution in [2.75, 3.05) is 0 Å². The molecule has 0 aromatic heterocycles. The molecule has 0 fully saturated rings. The standard InChI is InChI=1S/C8H8BFO/c1-5(11)7-4-6(9)2-3-8(7)10/h2-4H,9H2,1H3. The highest BCUT2D eigenvalue weighted by atomic mass is 19.1. The number of hydrogen-bond acceptors (Lipinski definition) is 1. The molecular formula is C8H8BFO. The third kappa shape index (κ3) is 1.67. The second-order valence-electron chi connectivity index (χ2n) is 2.54. The van der Waals surface area contributed by atoms with Gasteiger partial charge in [-0.15, -0.1) is 0 Å². The number of ketones is 1. The van der Waals surface area contributed by atoms with Gasteiger partial charge >= 0.3 is 0 Å². The first-order chi connectivity index (χ1) is 5.11. The number of carbonyl (C=O) groups excluding carboxylic acids is 1. The average molecular weight is 150 g/mol. The van der Waals surface area contributed by atoms with E-state index in [1.54, 1.807) is 12.1 Å². The van der Waals surface area contributed by atoms with E-state index in [0.717, 1.165) is 5.46 Å². The number of Topliss-reactive ketones (excluding diaryl/α,β-unsaturated/α-hetero) is 1. The number of hydrogen-bond donors (Lipinski definition) is 0. The lowest BCUT2D eigenvalue weighted by Crippen LogP contribution is -2.07. The smallest absolute Gasteiger partial charge is 0.162 e. The van der Waals surface area contributed by atoms with Crippen LogP contribution >= 0.6 is 0 Å². The van der Waals surface area contributed by atoms with Crippen LogP contribution in [0.1, 0.15) is 17.3 Å². The summed E-state index contributed by atoms with van der Waals surface area (Å²) in [4.78, 5) is 10.8. The van der Waals surface area contributed by atoms with E-state index in [0.29, 0.717) is 0 Å². The summed E-state index contributed by atoms with van der Waals surface area (Å²) < 4.78 is 12.8. The number of benzene rings is 1. The molecule has 0 bridgehead atoms. The largest absolute Gasteiger partial charge is 0.294 e. The third-order valence-corrected chi connectivity index (χ3v) is 1.50. The van der Waals surface area contributed by atoms with Crippen molar-refractivity contribution >= 4 is 19.1 Å². The molecule has 0 aliphatic rings. The fraction of sp³-hybridized carbons (Fsp3) is 0.125. The summed E-state index contributed by atoms with van der Waals surface area (Å²) in [5.41, 5.74) is 1.07. The highest BCUT2D eigenvalue weighted by molar-refractivity contribution is 6.32. The molecule has 56 valence electrons. The molecule has 0 aliphatic heterocycles. The Bertz CT molecular complexity index is 296. The Hall–Kier alpha value is -1.12. The quantitative estimate of drug-likeness (QED) is 0.415. The van der Waals surface area contributed by atoms with Gasteiger partial charge in [0.1, 0.15) is 13.7 Å². The Kier molecular flexibility index (Phi) is 2.08. The Morgan fingerprint density at radius 2 is 2.18 bits per heavy atom. The Morgan fingerprint density at radius 3 is 2.64 bits per heavy atom. The van der Waals surface area contributed by atoms with Gasteiger partial charge in [-0.3, -0.25) is 4.79 Å². The van der Waals surface area contributed by atoms with Crippen molar-refractivity contribution in [2.24, 2.45) is 0 Å². The van der Waals surface area contributed by atoms with Crippen molar-refractivity contribution in [2.45, 2.75) is 6.92 Å². The van der Waals surface area contributed by atoms with Crippen LogP contribution in [-0.2, 0) is 0 Å². The first kappa shape index (κ1) is 7.99. The van der Waals surface area contributed by atoms with Gasteiger partial charge < -0.3 is 0 Å². The molecule has 0 amide bonds. The van der Waals surface area contributed by atoms with E-state index in [9.17, 15) is 9.18 Å². The van der Waals surface area contributed by atoms with Gasteiger partial charge in [-0.25, -0.2) is 4.39 Å². The van der Waals surface area contributed by atoms with Crippen LogP contribution in [0, 0.1) is 5.82 Å². The van der Waals surface area contributed by atoms with Crippen molar-refractivity contribution in [3.63, 3.8) is 0 Å². The van der Waals surface area contributed by atoms with E-state index >= 15 is 0 Å². The summed E-state index contributed by atoms with van der Waals surface area (Å²) in [6, 6.07) is 4.51. The van der Waals surface area contributed by atoms with Crippen LogP contribution in [0.25, 0.3) is 0 Å². The summed E-state index contributed by atoms with van der Waals surface area (Å²) in [6.45, 7) is 1.36. The molecular weight excluding hydrogens is 142 g/mol. The van der Waals surface area contributed by atoms with Gasteiger partial charge in [0, 0.05) is 0 Å². The highest BCUT2D eigenvalue weighted by Gasteiger charge is 2.05. The fourth-order valence-corrected chi connectivity index (χ4v) is 0.909. The van der Waals surface area contributed by atoms with Crippen molar-refractivity contribution in [1.29, 1.82) is 0 Å². The van der Waals surface area contributed by atoms with Gasteiger partial charge in [0.25, 0.3) is 0 Å². The zero-order chi connectivity index (χ0) is 8.43. The van der Waals surface area contributed by atoms with Gasteiger partial charge in [-0.05, 0) is 13.0 Å². The highest BCUT2D eigenvalue weighted by Crippen LogP contribution is 2.04. The molecule has 3 heteroatoms. The molecule has 0 unspecified atom stereocenters. The molecule has 1 aromatic rings. The second-order valence-corrected chi connectivity index (χ2v) is 2.54. The zero-order valence-electron chi connectivity index (χ0n) is 6.52. The molecule has 1 rings (SSSR count). The SMILES string of the molecule is Bc1ccc(F)c(C(C)=O)c1. The molecule has 0 saturated heterocycles. The molecule has 1 nitrogen and oxygen atoms in total. The lowest BCUT2D eigenvalue weighted by molar-refractivity contribution is 0.101. The molecule has 0 spiro atoms. The van der Waals surface area contributed by atoms with Crippen LogP contribution in [0.4, 0.5) is 4.39 Å². The molecule has 1 aromatic carbocycles. The maximum absolute atomic E-state index is 12.8. The lowest BCUT2D eigenvalue weighted by atomic mass is 9.93. The van der Waals surface area contributed by atoms with Gasteiger partial charge in [0.2, 0.25) is 0 Å². The van der Waals surface area contributed by atoms with Crippen LogP contribution in [0.5, 0.6) is 0 Å². The minimum absolute atomic E-state index is 0.171. The first-order valence-corrected chi connectivity index (χ1v) is 3.38. The van der Waals surface area contributed by atoms with Crippen LogP contribution in [0.2, 0.25) is 0 Å². The van der Waals surface area contributed by atoms with E-state index in [1.807, 2.05) is 7.85 Å². The fourth-order valence-electron chi connectivity index (χ4n) is 0.909. The number of carbonyl (C=O) groups is 1. The summed E-state index contributed by atoms with van der Waals surface area (Å²) in [5, 5.41) is 0. The predicted octanol–water partition coefficient (Wildman–Crippen LogP) is 0.287. The van der Waals surface area contributed by atoms with E-state index in [2.05, 4.69) is 0 Å². The maximum atomic E-state index is 12.8. The lowest BCUT2D eigenvalue weighted by Gasteiger charge is -1.98. The minimum Gasteiger partial charge on any atom is -0.294 e. The Labute approximate surface area is 65.6 Å². The van der Waals surface area contributed by atoms with E-state index < -0.39 is 5.82 Å². The summed E-state index contributed by atoms with van der Waals surface area (Å²) in [5.74, 6) is -0.672. The normalized spacial score (nSPS) is 9.64. The van der Waals surface area contributed by atoms with Crippen molar-refractivity contribution in [1.82, 2.24) is 0 Å². The minimum atomic E-state index is -0.442. The van der Waals surface area contributed by atoms with Gasteiger partial charge in [0.05, 0.1) is 5.56 Å². The van der Waals surface area contributed by atoms with Crippen LogP contribution < -0.4 is 5.46 Å². The second kappa shape index (κ2) is 2.87. The van der Waals surface area contributed by atoms with Gasteiger partial charge in [-0.1, -0.05) is 17.6 Å². The van der Waals surface area contributed by atoms with E-state index in [-0.39, 0.29) is 11.3 Å². The first-order valence-electron chi connectivity index (χ1n) is 3.38. The average Bonchev–Trinajstić information content (AvgIpc) is 1.94. The maximum Gasteiger partial charge on any atom is 0.162 e. The molecule has 0 N–H and O–H groups in total. The number of halogens is 1. The zero-order valence-corrected chi connectivity index (χ0v) is 6.52. The van der Waals surface area contributed by atoms with Crippen molar-refractivity contribution in [3.05, 3.63) is 29.6 Å². The molecule has 0 heterocycles. The van der Waals surface area contributed by atoms with Gasteiger partial charge in [0.15, 0.2) is 5.78 Å². The Balaban J connectivity index is 3.23.